The highest BCUT2D eigenvalue weighted by molar-refractivity contribution is 5.75. The third kappa shape index (κ3) is 5.69. The fraction of sp³-hybridized carbons (Fsp3) is 0.222. The molecule has 0 saturated carbocycles. The molecule has 1 atom stereocenters. The van der Waals surface area contributed by atoms with Gasteiger partial charge >= 0.3 is 12.1 Å². The lowest BCUT2D eigenvalue weighted by Crippen LogP contribution is -2.35. The van der Waals surface area contributed by atoms with Gasteiger partial charge in [0.2, 0.25) is 5.82 Å². The molecule has 1 unspecified atom stereocenters. The first-order valence-electron chi connectivity index (χ1n) is 11.4. The van der Waals surface area contributed by atoms with Crippen molar-refractivity contribution < 1.29 is 32.0 Å². The molecule has 1 aromatic heterocycles. The number of hydrogen-bond donors (Lipinski definition) is 2. The largest absolute Gasteiger partial charge is 0.480 e. The third-order valence-electron chi connectivity index (χ3n) is 5.99. The molecular weight excluding hydrogens is 490 g/mol. The average molecular weight is 513 g/mol. The van der Waals surface area contributed by atoms with E-state index in [-0.39, 0.29) is 40.5 Å². The molecule has 0 spiro atoms. The number of hydrogen-bond acceptors (Lipinski definition) is 5. The molecule has 0 fully saturated rings. The number of carboxylic acids is 1. The van der Waals surface area contributed by atoms with Gasteiger partial charge in [-0.3, -0.25) is 4.79 Å². The van der Waals surface area contributed by atoms with Crippen molar-refractivity contribution in [1.82, 2.24) is 15.5 Å². The van der Waals surface area contributed by atoms with Crippen LogP contribution in [0.3, 0.4) is 0 Å². The van der Waals surface area contributed by atoms with E-state index in [1.54, 1.807) is 38.1 Å². The molecule has 4 rings (SSSR count). The molecule has 37 heavy (non-hydrogen) atoms. The van der Waals surface area contributed by atoms with Crippen LogP contribution in [-0.4, -0.2) is 27.3 Å². The summed E-state index contributed by atoms with van der Waals surface area (Å²) in [6.45, 7) is 3.44. The number of halogens is 4. The predicted molar refractivity (Wildman–Crippen MR) is 129 cm³/mol. The van der Waals surface area contributed by atoms with Gasteiger partial charge in [-0.05, 0) is 48.2 Å². The summed E-state index contributed by atoms with van der Waals surface area (Å²) in [5.74, 6) is -1.78. The zero-order valence-corrected chi connectivity index (χ0v) is 19.9. The number of benzene rings is 3. The minimum Gasteiger partial charge on any atom is -0.480 e. The molecule has 0 aliphatic carbocycles. The molecule has 0 bridgehead atoms. The molecule has 192 valence electrons. The van der Waals surface area contributed by atoms with E-state index in [2.05, 4.69) is 15.5 Å². The molecular formula is C27H23F4N3O3. The number of aromatic nitrogens is 2. The second-order valence-electron chi connectivity index (χ2n) is 8.48. The van der Waals surface area contributed by atoms with Crippen LogP contribution in [-0.2, 0) is 17.5 Å². The highest BCUT2D eigenvalue weighted by Gasteiger charge is 2.34. The van der Waals surface area contributed by atoms with E-state index < -0.39 is 29.6 Å². The number of rotatable bonds is 8. The smallest absolute Gasteiger partial charge is 0.417 e. The molecule has 3 aromatic carbocycles. The summed E-state index contributed by atoms with van der Waals surface area (Å²) in [6.07, 6.45) is -4.29. The zero-order chi connectivity index (χ0) is 26.7. The van der Waals surface area contributed by atoms with Crippen LogP contribution in [0.25, 0.3) is 34.0 Å². The van der Waals surface area contributed by atoms with Gasteiger partial charge in [-0.2, -0.15) is 18.2 Å². The minimum atomic E-state index is -4.62. The third-order valence-corrected chi connectivity index (χ3v) is 5.99. The lowest BCUT2D eigenvalue weighted by Gasteiger charge is -2.15. The maximum Gasteiger partial charge on any atom is 0.417 e. The second-order valence-corrected chi connectivity index (χ2v) is 8.48. The molecule has 0 aliphatic rings. The van der Waals surface area contributed by atoms with Crippen molar-refractivity contribution in [3.05, 3.63) is 83.2 Å². The van der Waals surface area contributed by atoms with Crippen molar-refractivity contribution in [1.29, 1.82) is 0 Å². The molecule has 0 aliphatic heterocycles. The van der Waals surface area contributed by atoms with Crippen molar-refractivity contribution in [2.45, 2.75) is 39.0 Å². The Hall–Kier alpha value is -4.05. The first-order chi connectivity index (χ1) is 17.6. The summed E-state index contributed by atoms with van der Waals surface area (Å²) >= 11 is 0. The maximum atomic E-state index is 14.6. The summed E-state index contributed by atoms with van der Waals surface area (Å²) in [7, 11) is 0. The lowest BCUT2D eigenvalue weighted by molar-refractivity contribution is -0.139. The normalized spacial score (nSPS) is 12.5. The van der Waals surface area contributed by atoms with E-state index in [0.717, 1.165) is 12.1 Å². The van der Waals surface area contributed by atoms with Crippen LogP contribution in [0.2, 0.25) is 0 Å². The van der Waals surface area contributed by atoms with E-state index in [1.807, 2.05) is 0 Å². The maximum absolute atomic E-state index is 14.6. The molecule has 0 amide bonds. The summed E-state index contributed by atoms with van der Waals surface area (Å²) in [5, 5.41) is 15.7. The molecule has 1 heterocycles. The van der Waals surface area contributed by atoms with Gasteiger partial charge < -0.3 is 14.9 Å². The van der Waals surface area contributed by atoms with Crippen molar-refractivity contribution in [3.8, 4) is 34.0 Å². The van der Waals surface area contributed by atoms with Crippen LogP contribution < -0.4 is 5.32 Å². The van der Waals surface area contributed by atoms with E-state index in [4.69, 9.17) is 9.63 Å². The Morgan fingerprint density at radius 2 is 1.78 bits per heavy atom. The van der Waals surface area contributed by atoms with E-state index in [1.165, 1.54) is 24.3 Å². The zero-order valence-electron chi connectivity index (χ0n) is 19.9. The number of carbonyl (C=O) groups is 1. The molecule has 6 nitrogen and oxygen atoms in total. The monoisotopic (exact) mass is 513 g/mol. The fourth-order valence-electron chi connectivity index (χ4n) is 3.95. The van der Waals surface area contributed by atoms with Crippen LogP contribution in [0.1, 0.15) is 30.0 Å². The van der Waals surface area contributed by atoms with Gasteiger partial charge in [-0.15, -0.1) is 0 Å². The Kier molecular flexibility index (Phi) is 7.40. The van der Waals surface area contributed by atoms with E-state index >= 15 is 0 Å². The quantitative estimate of drug-likeness (QED) is 0.262. The molecule has 0 radical (unpaired) electrons. The Balaban J connectivity index is 1.62. The van der Waals surface area contributed by atoms with Crippen LogP contribution in [0.5, 0.6) is 0 Å². The van der Waals surface area contributed by atoms with Gasteiger partial charge in [0.25, 0.3) is 5.89 Å². The second kappa shape index (κ2) is 10.5. The number of carboxylic acid groups (broad SMARTS) is 1. The van der Waals surface area contributed by atoms with Crippen LogP contribution in [0.15, 0.2) is 65.2 Å². The SMILES string of the molecule is CCC(NCc1ccc(-c2noc(-c3ccc(-c4ccccc4C)c(C(F)(F)F)c3)n2)cc1F)C(=O)O. The van der Waals surface area contributed by atoms with Gasteiger partial charge in [-0.25, -0.2) is 4.39 Å². The van der Waals surface area contributed by atoms with E-state index in [9.17, 15) is 22.4 Å². The van der Waals surface area contributed by atoms with Crippen molar-refractivity contribution in [3.63, 3.8) is 0 Å². The number of nitrogens with zero attached hydrogens (tertiary/aromatic N) is 2. The standard InChI is InChI=1S/C27H23F4N3O3/c1-3-23(26(35)36)32-14-18-9-8-16(13-22(18)28)24-33-25(37-34-24)17-10-11-20(21(12-17)27(29,30)31)19-7-5-4-6-15(19)2/h4-13,23,32H,3,14H2,1-2H3,(H,35,36). The molecule has 0 saturated heterocycles. The van der Waals surface area contributed by atoms with Crippen LogP contribution in [0, 0.1) is 12.7 Å². The summed E-state index contributed by atoms with van der Waals surface area (Å²) in [5.41, 5.74) is 0.940. The number of nitrogens with one attached hydrogen (secondary N) is 1. The number of aliphatic carboxylic acids is 1. The Labute approximate surface area is 210 Å². The Bertz CT molecular complexity index is 1430. The molecule has 4 aromatic rings. The first-order valence-corrected chi connectivity index (χ1v) is 11.4. The van der Waals surface area contributed by atoms with Gasteiger partial charge in [0.15, 0.2) is 0 Å². The summed E-state index contributed by atoms with van der Waals surface area (Å²) in [6, 6.07) is 13.9. The van der Waals surface area contributed by atoms with Gasteiger partial charge in [0.1, 0.15) is 11.9 Å². The predicted octanol–water partition coefficient (Wildman–Crippen LogP) is 6.49. The van der Waals surface area contributed by atoms with Crippen molar-refractivity contribution in [2.75, 3.05) is 0 Å². The number of aryl methyl sites for hydroxylation is 1. The molecule has 2 N–H and O–H groups in total. The summed E-state index contributed by atoms with van der Waals surface area (Å²) < 4.78 is 61.7. The Morgan fingerprint density at radius 3 is 2.43 bits per heavy atom. The summed E-state index contributed by atoms with van der Waals surface area (Å²) in [4.78, 5) is 15.3. The first kappa shape index (κ1) is 26.0. The van der Waals surface area contributed by atoms with E-state index in [0.29, 0.717) is 17.5 Å². The molecule has 10 heteroatoms. The van der Waals surface area contributed by atoms with Crippen molar-refractivity contribution >= 4 is 5.97 Å². The van der Waals surface area contributed by atoms with Crippen molar-refractivity contribution in [2.24, 2.45) is 0 Å². The van der Waals surface area contributed by atoms with Crippen LogP contribution in [0.4, 0.5) is 17.6 Å². The minimum absolute atomic E-state index is 0.00178. The van der Waals surface area contributed by atoms with Gasteiger partial charge in [0.05, 0.1) is 5.56 Å². The topological polar surface area (TPSA) is 88.3 Å². The van der Waals surface area contributed by atoms with Crippen LogP contribution >= 0.6 is 0 Å². The fourth-order valence-corrected chi connectivity index (χ4v) is 3.95. The highest BCUT2D eigenvalue weighted by atomic mass is 19.4. The Morgan fingerprint density at radius 1 is 1.05 bits per heavy atom. The van der Waals surface area contributed by atoms with Gasteiger partial charge in [0, 0.05) is 23.2 Å². The highest BCUT2D eigenvalue weighted by Crippen LogP contribution is 2.40. The number of alkyl halides is 3. The lowest BCUT2D eigenvalue weighted by atomic mass is 9.94. The van der Waals surface area contributed by atoms with Gasteiger partial charge in [-0.1, -0.05) is 54.5 Å². The average Bonchev–Trinajstić information content (AvgIpc) is 3.35.